The van der Waals surface area contributed by atoms with Crippen molar-refractivity contribution >= 4 is 23.2 Å². The molecule has 0 aliphatic carbocycles. The fourth-order valence-corrected chi connectivity index (χ4v) is 3.11. The van der Waals surface area contributed by atoms with Crippen LogP contribution < -0.4 is 5.32 Å². The van der Waals surface area contributed by atoms with E-state index in [1.165, 1.54) is 11.3 Å². The van der Waals surface area contributed by atoms with E-state index >= 15 is 0 Å². The van der Waals surface area contributed by atoms with E-state index in [1.54, 1.807) is 0 Å². The summed E-state index contributed by atoms with van der Waals surface area (Å²) in [4.78, 5) is 24.7. The summed E-state index contributed by atoms with van der Waals surface area (Å²) in [5, 5.41) is 11.8. The fraction of sp³-hybridized carbons (Fsp3) is 0.600. The number of carbonyl (C=O) groups is 2. The lowest BCUT2D eigenvalue weighted by molar-refractivity contribution is -0.138. The summed E-state index contributed by atoms with van der Waals surface area (Å²) in [5.74, 6) is -0.515. The van der Waals surface area contributed by atoms with Crippen molar-refractivity contribution in [2.45, 2.75) is 40.5 Å². The molecule has 1 aromatic heterocycles. The Kier molecular flexibility index (Phi) is 6.20. The monoisotopic (exact) mass is 297 g/mol. The summed E-state index contributed by atoms with van der Waals surface area (Å²) >= 11 is 1.47. The highest BCUT2D eigenvalue weighted by atomic mass is 32.1. The molecule has 0 spiro atoms. The van der Waals surface area contributed by atoms with Crippen LogP contribution >= 0.6 is 11.3 Å². The first-order valence-corrected chi connectivity index (χ1v) is 7.68. The molecule has 1 heterocycles. The summed E-state index contributed by atoms with van der Waals surface area (Å²) in [6.07, 6.45) is 0.899. The quantitative estimate of drug-likeness (QED) is 0.812. The van der Waals surface area contributed by atoms with Gasteiger partial charge in [0.05, 0.1) is 4.88 Å². The Labute approximate surface area is 124 Å². The molecule has 1 unspecified atom stereocenters. The highest BCUT2D eigenvalue weighted by Gasteiger charge is 2.17. The zero-order chi connectivity index (χ0) is 15.3. The topological polar surface area (TPSA) is 66.4 Å². The van der Waals surface area contributed by atoms with Crippen molar-refractivity contribution in [1.29, 1.82) is 0 Å². The minimum Gasteiger partial charge on any atom is -0.481 e. The lowest BCUT2D eigenvalue weighted by Crippen LogP contribution is -2.30. The number of hydrogen-bond acceptors (Lipinski definition) is 3. The molecule has 20 heavy (non-hydrogen) atoms. The Morgan fingerprint density at radius 2 is 2.00 bits per heavy atom. The van der Waals surface area contributed by atoms with Gasteiger partial charge in [0.15, 0.2) is 0 Å². The van der Waals surface area contributed by atoms with E-state index in [2.05, 4.69) is 19.2 Å². The van der Waals surface area contributed by atoms with E-state index < -0.39 is 5.97 Å². The van der Waals surface area contributed by atoms with Gasteiger partial charge >= 0.3 is 5.97 Å². The second-order valence-corrected chi connectivity index (χ2v) is 6.91. The van der Waals surface area contributed by atoms with E-state index in [4.69, 9.17) is 5.11 Å². The number of aliphatic carboxylic acids is 1. The van der Waals surface area contributed by atoms with E-state index in [1.807, 2.05) is 19.9 Å². The number of carboxylic acid groups (broad SMARTS) is 1. The molecule has 5 heteroatoms. The molecule has 112 valence electrons. The van der Waals surface area contributed by atoms with Gasteiger partial charge in [0.2, 0.25) is 0 Å². The SMILES string of the molecule is Cc1cc(C(=O)NCC(CC(=O)O)CC(C)C)sc1C. The average Bonchev–Trinajstić information content (AvgIpc) is 2.65. The summed E-state index contributed by atoms with van der Waals surface area (Å²) in [6, 6.07) is 1.88. The first-order chi connectivity index (χ1) is 9.29. The van der Waals surface area contributed by atoms with Gasteiger partial charge in [-0.25, -0.2) is 0 Å². The van der Waals surface area contributed by atoms with Gasteiger partial charge in [-0.05, 0) is 43.7 Å². The molecule has 0 saturated heterocycles. The minimum atomic E-state index is -0.812. The molecule has 0 bridgehead atoms. The van der Waals surface area contributed by atoms with Crippen molar-refractivity contribution in [2.75, 3.05) is 6.54 Å². The third-order valence-electron chi connectivity index (χ3n) is 3.21. The molecule has 1 rings (SSSR count). The number of aryl methyl sites for hydroxylation is 2. The van der Waals surface area contributed by atoms with Crippen molar-refractivity contribution in [3.05, 3.63) is 21.4 Å². The highest BCUT2D eigenvalue weighted by Crippen LogP contribution is 2.21. The Hall–Kier alpha value is -1.36. The largest absolute Gasteiger partial charge is 0.481 e. The van der Waals surface area contributed by atoms with Crippen LogP contribution in [0.5, 0.6) is 0 Å². The maximum atomic E-state index is 12.0. The standard InChI is InChI=1S/C15H23NO3S/c1-9(2)5-12(7-14(17)18)8-16-15(19)13-6-10(3)11(4)20-13/h6,9,12H,5,7-8H2,1-4H3,(H,16,19)(H,17,18). The Balaban J connectivity index is 2.57. The van der Waals surface area contributed by atoms with Crippen LogP contribution in [-0.2, 0) is 4.79 Å². The minimum absolute atomic E-state index is 0.0152. The lowest BCUT2D eigenvalue weighted by atomic mass is 9.94. The number of hydrogen-bond donors (Lipinski definition) is 2. The van der Waals surface area contributed by atoms with E-state index in [-0.39, 0.29) is 18.2 Å². The molecule has 1 amide bonds. The van der Waals surface area contributed by atoms with E-state index in [9.17, 15) is 9.59 Å². The van der Waals surface area contributed by atoms with Crippen LogP contribution in [0.2, 0.25) is 0 Å². The third kappa shape index (κ3) is 5.33. The molecule has 0 fully saturated rings. The predicted octanol–water partition coefficient (Wildman–Crippen LogP) is 3.23. The van der Waals surface area contributed by atoms with Gasteiger partial charge in [-0.15, -0.1) is 11.3 Å². The summed E-state index contributed by atoms with van der Waals surface area (Å²) in [6.45, 7) is 8.50. The zero-order valence-electron chi connectivity index (χ0n) is 12.5. The molecule has 2 N–H and O–H groups in total. The van der Waals surface area contributed by atoms with Crippen LogP contribution in [-0.4, -0.2) is 23.5 Å². The maximum absolute atomic E-state index is 12.0. The first kappa shape index (κ1) is 16.7. The number of amides is 1. The van der Waals surface area contributed by atoms with Crippen molar-refractivity contribution in [3.8, 4) is 0 Å². The van der Waals surface area contributed by atoms with Crippen molar-refractivity contribution in [1.82, 2.24) is 5.32 Å². The first-order valence-electron chi connectivity index (χ1n) is 6.86. The van der Waals surface area contributed by atoms with Gasteiger partial charge in [-0.3, -0.25) is 9.59 Å². The number of carbonyl (C=O) groups excluding carboxylic acids is 1. The number of rotatable bonds is 7. The molecule has 0 aliphatic heterocycles. The predicted molar refractivity (Wildman–Crippen MR) is 81.3 cm³/mol. The van der Waals surface area contributed by atoms with Crippen molar-refractivity contribution in [2.24, 2.45) is 11.8 Å². The van der Waals surface area contributed by atoms with Gasteiger partial charge in [0.25, 0.3) is 5.91 Å². The van der Waals surface area contributed by atoms with Crippen LogP contribution in [0.3, 0.4) is 0 Å². The van der Waals surface area contributed by atoms with Crippen LogP contribution in [0, 0.1) is 25.7 Å². The molecular formula is C15H23NO3S. The van der Waals surface area contributed by atoms with Gasteiger partial charge < -0.3 is 10.4 Å². The van der Waals surface area contributed by atoms with Crippen LogP contribution in [0.1, 0.15) is 46.8 Å². The third-order valence-corrected chi connectivity index (χ3v) is 4.36. The molecule has 1 atom stereocenters. The molecule has 4 nitrogen and oxygen atoms in total. The van der Waals surface area contributed by atoms with Gasteiger partial charge in [0, 0.05) is 17.8 Å². The molecule has 0 aromatic carbocycles. The normalized spacial score (nSPS) is 12.4. The van der Waals surface area contributed by atoms with Crippen molar-refractivity contribution in [3.63, 3.8) is 0 Å². The lowest BCUT2D eigenvalue weighted by Gasteiger charge is -2.17. The van der Waals surface area contributed by atoms with Crippen LogP contribution in [0.15, 0.2) is 6.07 Å². The van der Waals surface area contributed by atoms with Gasteiger partial charge in [0.1, 0.15) is 0 Å². The Bertz CT molecular complexity index is 460. The molecule has 0 aliphatic rings. The molecular weight excluding hydrogens is 274 g/mol. The second kappa shape index (κ2) is 7.43. The number of carboxylic acids is 1. The number of nitrogens with one attached hydrogen (secondary N) is 1. The molecule has 0 radical (unpaired) electrons. The highest BCUT2D eigenvalue weighted by molar-refractivity contribution is 7.14. The summed E-state index contributed by atoms with van der Waals surface area (Å²) < 4.78 is 0. The average molecular weight is 297 g/mol. The maximum Gasteiger partial charge on any atom is 0.303 e. The summed E-state index contributed by atoms with van der Waals surface area (Å²) in [5.41, 5.74) is 1.12. The fourth-order valence-electron chi connectivity index (χ4n) is 2.16. The molecule has 1 aromatic rings. The number of thiophene rings is 1. The van der Waals surface area contributed by atoms with Gasteiger partial charge in [-0.1, -0.05) is 13.8 Å². The van der Waals surface area contributed by atoms with Crippen LogP contribution in [0.4, 0.5) is 0 Å². The van der Waals surface area contributed by atoms with Crippen molar-refractivity contribution < 1.29 is 14.7 Å². The Morgan fingerprint density at radius 1 is 1.35 bits per heavy atom. The van der Waals surface area contributed by atoms with Crippen LogP contribution in [0.25, 0.3) is 0 Å². The smallest absolute Gasteiger partial charge is 0.303 e. The van der Waals surface area contributed by atoms with E-state index in [0.717, 1.165) is 16.9 Å². The van der Waals surface area contributed by atoms with Gasteiger partial charge in [-0.2, -0.15) is 0 Å². The summed E-state index contributed by atoms with van der Waals surface area (Å²) in [7, 11) is 0. The van der Waals surface area contributed by atoms with E-state index in [0.29, 0.717) is 17.3 Å². The zero-order valence-corrected chi connectivity index (χ0v) is 13.3. The second-order valence-electron chi connectivity index (χ2n) is 5.65. The Morgan fingerprint density at radius 3 is 2.45 bits per heavy atom. The molecule has 0 saturated carbocycles.